The monoisotopic (exact) mass is 380 g/mol. The summed E-state index contributed by atoms with van der Waals surface area (Å²) in [5.74, 6) is -1.51. The van der Waals surface area contributed by atoms with E-state index < -0.39 is 11.4 Å². The molecule has 26 heavy (non-hydrogen) atoms. The molecule has 0 amide bonds. The smallest absolute Gasteiger partial charge is 0.258 e. The third-order valence-electron chi connectivity index (χ3n) is 6.23. The van der Waals surface area contributed by atoms with Crippen molar-refractivity contribution < 1.29 is 20.0 Å². The second-order valence-electron chi connectivity index (χ2n) is 7.55. The largest absolute Gasteiger partial charge is 0.506 e. The third kappa shape index (κ3) is 2.62. The topological polar surface area (TPSA) is 58.9 Å². The van der Waals surface area contributed by atoms with E-state index in [0.29, 0.717) is 5.56 Å². The van der Waals surface area contributed by atoms with Gasteiger partial charge in [0.25, 0.3) is 5.79 Å². The Morgan fingerprint density at radius 1 is 1.19 bits per heavy atom. The van der Waals surface area contributed by atoms with Crippen molar-refractivity contribution in [3.8, 4) is 5.75 Å². The summed E-state index contributed by atoms with van der Waals surface area (Å²) in [6.45, 7) is 8.64. The van der Waals surface area contributed by atoms with Crippen LogP contribution in [0.15, 0.2) is 29.3 Å². The number of phenolic OH excluding ortho intramolecular Hbond substituents is 1. The van der Waals surface area contributed by atoms with Crippen LogP contribution in [0.2, 0.25) is 5.02 Å². The first-order valence-electron chi connectivity index (χ1n) is 9.64. The predicted octanol–water partition coefficient (Wildman–Crippen LogP) is 5.46. The van der Waals surface area contributed by atoms with Crippen molar-refractivity contribution >= 4 is 11.6 Å². The molecule has 0 saturated carbocycles. The maximum absolute atomic E-state index is 11.6. The highest BCUT2D eigenvalue weighted by Gasteiger charge is 2.72. The van der Waals surface area contributed by atoms with E-state index in [1.165, 1.54) is 17.2 Å². The van der Waals surface area contributed by atoms with Gasteiger partial charge in [-0.1, -0.05) is 62.9 Å². The van der Waals surface area contributed by atoms with Gasteiger partial charge in [-0.2, -0.15) is 4.89 Å². The lowest BCUT2D eigenvalue weighted by Crippen LogP contribution is -2.72. The van der Waals surface area contributed by atoms with Gasteiger partial charge in [0.05, 0.1) is 5.02 Å². The van der Waals surface area contributed by atoms with Crippen LogP contribution in [0.25, 0.3) is 0 Å². The molecule has 0 radical (unpaired) electrons. The summed E-state index contributed by atoms with van der Waals surface area (Å²) in [7, 11) is 0. The van der Waals surface area contributed by atoms with Crippen molar-refractivity contribution in [1.82, 2.24) is 0 Å². The SMILES string of the molecule is CCCC1C(CC)=C(CC)CC(C)C12OOC2(O)c1ccc(Cl)c(O)c1. The Morgan fingerprint density at radius 3 is 2.42 bits per heavy atom. The minimum Gasteiger partial charge on any atom is -0.506 e. The van der Waals surface area contributed by atoms with Crippen LogP contribution in [-0.4, -0.2) is 15.8 Å². The van der Waals surface area contributed by atoms with E-state index in [1.54, 1.807) is 12.1 Å². The van der Waals surface area contributed by atoms with Gasteiger partial charge in [-0.3, -0.25) is 0 Å². The first-order chi connectivity index (χ1) is 12.4. The van der Waals surface area contributed by atoms with Crippen molar-refractivity contribution in [1.29, 1.82) is 0 Å². The van der Waals surface area contributed by atoms with Gasteiger partial charge in [-0.15, -0.1) is 0 Å². The van der Waals surface area contributed by atoms with Crippen molar-refractivity contribution in [3.63, 3.8) is 0 Å². The van der Waals surface area contributed by atoms with Crippen LogP contribution in [-0.2, 0) is 15.6 Å². The number of benzene rings is 1. The molecule has 1 aromatic carbocycles. The summed E-state index contributed by atoms with van der Waals surface area (Å²) in [4.78, 5) is 11.2. The van der Waals surface area contributed by atoms with Crippen molar-refractivity contribution in [2.75, 3.05) is 0 Å². The molecule has 1 saturated heterocycles. The summed E-state index contributed by atoms with van der Waals surface area (Å²) in [5, 5.41) is 21.9. The van der Waals surface area contributed by atoms with Gasteiger partial charge in [0.1, 0.15) is 5.75 Å². The summed E-state index contributed by atoms with van der Waals surface area (Å²) in [6, 6.07) is 4.76. The number of phenols is 1. The van der Waals surface area contributed by atoms with Gasteiger partial charge in [-0.25, -0.2) is 4.89 Å². The van der Waals surface area contributed by atoms with E-state index in [0.717, 1.165) is 32.1 Å². The number of hydrogen-bond donors (Lipinski definition) is 2. The minimum absolute atomic E-state index is 0.0701. The van der Waals surface area contributed by atoms with E-state index in [4.69, 9.17) is 21.4 Å². The molecular formula is C21H29ClO4. The Labute approximate surface area is 160 Å². The molecule has 1 heterocycles. The molecule has 5 heteroatoms. The molecule has 2 N–H and O–H groups in total. The first-order valence-corrected chi connectivity index (χ1v) is 10.0. The number of rotatable bonds is 5. The van der Waals surface area contributed by atoms with Crippen LogP contribution in [0.5, 0.6) is 5.75 Å². The predicted molar refractivity (Wildman–Crippen MR) is 102 cm³/mol. The van der Waals surface area contributed by atoms with Crippen LogP contribution in [0, 0.1) is 11.8 Å². The van der Waals surface area contributed by atoms with E-state index in [9.17, 15) is 10.2 Å². The zero-order chi connectivity index (χ0) is 19.1. The highest BCUT2D eigenvalue weighted by Crippen LogP contribution is 2.62. The molecule has 4 nitrogen and oxygen atoms in total. The average Bonchev–Trinajstić information content (AvgIpc) is 2.62. The Balaban J connectivity index is 2.13. The molecule has 1 fully saturated rings. The van der Waals surface area contributed by atoms with E-state index in [-0.39, 0.29) is 22.6 Å². The van der Waals surface area contributed by atoms with Gasteiger partial charge in [0.15, 0.2) is 5.60 Å². The van der Waals surface area contributed by atoms with Gasteiger partial charge in [-0.05, 0) is 43.7 Å². The number of aliphatic hydroxyl groups is 1. The fraction of sp³-hybridized carbons (Fsp3) is 0.619. The zero-order valence-electron chi connectivity index (χ0n) is 16.0. The maximum atomic E-state index is 11.6. The number of halogens is 1. The quantitative estimate of drug-likeness (QED) is 0.525. The van der Waals surface area contributed by atoms with E-state index in [1.807, 2.05) is 0 Å². The lowest BCUT2D eigenvalue weighted by molar-refractivity contribution is -0.633. The van der Waals surface area contributed by atoms with Crippen LogP contribution >= 0.6 is 11.6 Å². The molecule has 1 aromatic rings. The molecule has 4 unspecified atom stereocenters. The molecule has 3 rings (SSSR count). The van der Waals surface area contributed by atoms with Crippen LogP contribution in [0.1, 0.15) is 65.4 Å². The molecule has 0 aromatic heterocycles. The fourth-order valence-corrected chi connectivity index (χ4v) is 5.09. The highest BCUT2D eigenvalue weighted by atomic mass is 35.5. The Morgan fingerprint density at radius 2 is 1.92 bits per heavy atom. The second-order valence-corrected chi connectivity index (χ2v) is 7.96. The fourth-order valence-electron chi connectivity index (χ4n) is 4.97. The molecule has 2 aliphatic rings. The molecule has 4 atom stereocenters. The standard InChI is InChI=1S/C21H29ClO4/c1-5-8-17-16(7-3)14(6-2)11-13(4)20(17)21(24,26-25-20)15-9-10-18(22)19(23)12-15/h9-10,12-13,17,23-24H,5-8,11H2,1-4H3. The number of allylic oxidation sites excluding steroid dienone is 1. The van der Waals surface area contributed by atoms with E-state index >= 15 is 0 Å². The summed E-state index contributed by atoms with van der Waals surface area (Å²) < 4.78 is 0. The maximum Gasteiger partial charge on any atom is 0.258 e. The Bertz CT molecular complexity index is 716. The van der Waals surface area contributed by atoms with Crippen molar-refractivity contribution in [2.45, 2.75) is 71.2 Å². The van der Waals surface area contributed by atoms with Crippen molar-refractivity contribution in [3.05, 3.63) is 39.9 Å². The van der Waals surface area contributed by atoms with Gasteiger partial charge in [0, 0.05) is 11.5 Å². The number of hydrogen-bond acceptors (Lipinski definition) is 4. The summed E-state index contributed by atoms with van der Waals surface area (Å²) >= 11 is 5.95. The molecule has 0 bridgehead atoms. The molecule has 1 spiro atoms. The Hall–Kier alpha value is -1.07. The van der Waals surface area contributed by atoms with Gasteiger partial charge < -0.3 is 10.2 Å². The summed E-state index contributed by atoms with van der Waals surface area (Å²) in [5.41, 5.74) is 2.48. The molecule has 1 aliphatic carbocycles. The normalized spacial score (nSPS) is 34.2. The van der Waals surface area contributed by atoms with Crippen LogP contribution < -0.4 is 0 Å². The zero-order valence-corrected chi connectivity index (χ0v) is 16.8. The lowest BCUT2D eigenvalue weighted by Gasteiger charge is -2.61. The molecule has 1 aliphatic heterocycles. The minimum atomic E-state index is -1.60. The van der Waals surface area contributed by atoms with Gasteiger partial charge in [0.2, 0.25) is 0 Å². The third-order valence-corrected chi connectivity index (χ3v) is 6.55. The summed E-state index contributed by atoms with van der Waals surface area (Å²) in [6.07, 6.45) is 4.75. The lowest BCUT2D eigenvalue weighted by atomic mass is 9.58. The van der Waals surface area contributed by atoms with E-state index in [2.05, 4.69) is 27.7 Å². The second kappa shape index (κ2) is 7.16. The molecular weight excluding hydrogens is 352 g/mol. The number of aromatic hydroxyl groups is 1. The van der Waals surface area contributed by atoms with Crippen LogP contribution in [0.4, 0.5) is 0 Å². The van der Waals surface area contributed by atoms with Gasteiger partial charge >= 0.3 is 0 Å². The Kier molecular flexibility index (Phi) is 5.42. The first kappa shape index (κ1) is 19.7. The average molecular weight is 381 g/mol. The van der Waals surface area contributed by atoms with Crippen LogP contribution in [0.3, 0.4) is 0 Å². The highest BCUT2D eigenvalue weighted by molar-refractivity contribution is 6.32. The van der Waals surface area contributed by atoms with Crippen molar-refractivity contribution in [2.24, 2.45) is 11.8 Å². The molecule has 144 valence electrons.